The van der Waals surface area contributed by atoms with Gasteiger partial charge in [-0.2, -0.15) is 0 Å². The highest BCUT2D eigenvalue weighted by atomic mass is 16.4. The quantitative estimate of drug-likeness (QED) is 0.926. The van der Waals surface area contributed by atoms with Crippen LogP contribution in [0.2, 0.25) is 0 Å². The Kier molecular flexibility index (Phi) is 3.93. The fourth-order valence-corrected chi connectivity index (χ4v) is 2.20. The molecule has 0 saturated heterocycles. The van der Waals surface area contributed by atoms with Gasteiger partial charge in [-0.3, -0.25) is 0 Å². The van der Waals surface area contributed by atoms with Gasteiger partial charge in [0.2, 0.25) is 0 Å². The molecule has 4 nitrogen and oxygen atoms in total. The Morgan fingerprint density at radius 2 is 1.90 bits per heavy atom. The van der Waals surface area contributed by atoms with E-state index in [2.05, 4.69) is 30.7 Å². The third kappa shape index (κ3) is 2.59. The number of rotatable bonds is 4. The maximum atomic E-state index is 11.2. The number of benzene rings is 1. The molecule has 1 aromatic carbocycles. The number of carboxylic acids is 1. The highest BCUT2D eigenvalue weighted by molar-refractivity contribution is 5.98. The van der Waals surface area contributed by atoms with Crippen molar-refractivity contribution in [2.45, 2.75) is 26.8 Å². The second-order valence-corrected chi connectivity index (χ2v) is 5.45. The Balaban J connectivity index is 2.63. The summed E-state index contributed by atoms with van der Waals surface area (Å²) >= 11 is 0. The summed E-state index contributed by atoms with van der Waals surface area (Å²) in [6.45, 7) is 6.41. The summed E-state index contributed by atoms with van der Waals surface area (Å²) in [6.07, 6.45) is 0. The van der Waals surface area contributed by atoms with Gasteiger partial charge in [-0.05, 0) is 24.3 Å². The molecule has 106 valence electrons. The fraction of sp³-hybridized carbons (Fsp3) is 0.375. The normalized spacial score (nSPS) is 12.7. The molecule has 0 saturated carbocycles. The number of pyridine rings is 1. The molecule has 0 bridgehead atoms. The molecule has 0 aliphatic rings. The van der Waals surface area contributed by atoms with Gasteiger partial charge in [-0.15, -0.1) is 0 Å². The van der Waals surface area contributed by atoms with Crippen molar-refractivity contribution in [1.82, 2.24) is 4.98 Å². The first-order valence-corrected chi connectivity index (χ1v) is 6.77. The highest BCUT2D eigenvalue weighted by Gasteiger charge is 2.19. The Labute approximate surface area is 119 Å². The van der Waals surface area contributed by atoms with Crippen LogP contribution in [0.1, 0.15) is 31.3 Å². The molecule has 0 amide bonds. The maximum absolute atomic E-state index is 11.2. The van der Waals surface area contributed by atoms with E-state index in [-0.39, 0.29) is 11.7 Å². The lowest BCUT2D eigenvalue weighted by molar-refractivity contribution is 0.0691. The van der Waals surface area contributed by atoms with E-state index in [0.29, 0.717) is 5.92 Å². The van der Waals surface area contributed by atoms with Gasteiger partial charge in [-0.25, -0.2) is 9.78 Å². The van der Waals surface area contributed by atoms with Crippen LogP contribution >= 0.6 is 0 Å². The third-order valence-corrected chi connectivity index (χ3v) is 3.85. The predicted octanol–water partition coefficient (Wildman–Crippen LogP) is 3.41. The standard InChI is InChI=1S/C16H20N2O2/c1-10(2)11(3)18(4)15-13-8-6-5-7-12(13)9-14(17-15)16(19)20/h5-11H,1-4H3,(H,19,20). The second kappa shape index (κ2) is 5.49. The maximum Gasteiger partial charge on any atom is 0.354 e. The monoisotopic (exact) mass is 272 g/mol. The van der Waals surface area contributed by atoms with E-state index in [0.717, 1.165) is 16.6 Å². The van der Waals surface area contributed by atoms with E-state index in [9.17, 15) is 9.90 Å². The van der Waals surface area contributed by atoms with Crippen molar-refractivity contribution in [1.29, 1.82) is 0 Å². The van der Waals surface area contributed by atoms with Crippen molar-refractivity contribution < 1.29 is 9.90 Å². The highest BCUT2D eigenvalue weighted by Crippen LogP contribution is 2.27. The van der Waals surface area contributed by atoms with Gasteiger partial charge in [0.05, 0.1) is 0 Å². The number of hydrogen-bond acceptors (Lipinski definition) is 3. The van der Waals surface area contributed by atoms with Crippen LogP contribution in [-0.4, -0.2) is 29.1 Å². The summed E-state index contributed by atoms with van der Waals surface area (Å²) in [5.41, 5.74) is 0.0847. The Morgan fingerprint density at radius 1 is 1.25 bits per heavy atom. The topological polar surface area (TPSA) is 53.4 Å². The van der Waals surface area contributed by atoms with Crippen molar-refractivity contribution in [3.05, 3.63) is 36.0 Å². The number of carbonyl (C=O) groups is 1. The largest absolute Gasteiger partial charge is 0.477 e. The van der Waals surface area contributed by atoms with Crippen LogP contribution in [0.4, 0.5) is 5.82 Å². The molecule has 0 aliphatic carbocycles. The number of nitrogens with zero attached hydrogens (tertiary/aromatic N) is 2. The molecule has 4 heteroatoms. The average molecular weight is 272 g/mol. The van der Waals surface area contributed by atoms with Crippen LogP contribution in [0.25, 0.3) is 10.8 Å². The molecular weight excluding hydrogens is 252 g/mol. The molecule has 1 N–H and O–H groups in total. The summed E-state index contributed by atoms with van der Waals surface area (Å²) in [6, 6.07) is 9.64. The van der Waals surface area contributed by atoms with Gasteiger partial charge >= 0.3 is 5.97 Å². The van der Waals surface area contributed by atoms with E-state index in [4.69, 9.17) is 0 Å². The van der Waals surface area contributed by atoms with Gasteiger partial charge in [0.25, 0.3) is 0 Å². The van der Waals surface area contributed by atoms with Crippen molar-refractivity contribution in [2.24, 2.45) is 5.92 Å². The van der Waals surface area contributed by atoms with Gasteiger partial charge in [0.1, 0.15) is 5.82 Å². The molecule has 1 atom stereocenters. The van der Waals surface area contributed by atoms with E-state index in [1.807, 2.05) is 31.3 Å². The minimum Gasteiger partial charge on any atom is -0.477 e. The molecule has 0 radical (unpaired) electrons. The molecule has 0 spiro atoms. The Hall–Kier alpha value is -2.10. The summed E-state index contributed by atoms with van der Waals surface area (Å²) in [5.74, 6) is 0.179. The molecular formula is C16H20N2O2. The van der Waals surface area contributed by atoms with Crippen molar-refractivity contribution in [2.75, 3.05) is 11.9 Å². The summed E-state index contributed by atoms with van der Waals surface area (Å²) < 4.78 is 0. The Bertz CT molecular complexity index is 637. The van der Waals surface area contributed by atoms with Gasteiger partial charge in [0, 0.05) is 18.5 Å². The minimum absolute atomic E-state index is 0.0847. The lowest BCUT2D eigenvalue weighted by atomic mass is 10.0. The van der Waals surface area contributed by atoms with Crippen LogP contribution in [0.5, 0.6) is 0 Å². The van der Waals surface area contributed by atoms with E-state index in [1.165, 1.54) is 0 Å². The minimum atomic E-state index is -0.998. The summed E-state index contributed by atoms with van der Waals surface area (Å²) in [4.78, 5) is 17.6. The third-order valence-electron chi connectivity index (χ3n) is 3.85. The van der Waals surface area contributed by atoms with Gasteiger partial charge in [0.15, 0.2) is 5.69 Å². The van der Waals surface area contributed by atoms with Crippen LogP contribution in [0.3, 0.4) is 0 Å². The number of anilines is 1. The zero-order chi connectivity index (χ0) is 14.9. The lowest BCUT2D eigenvalue weighted by Gasteiger charge is -2.30. The second-order valence-electron chi connectivity index (χ2n) is 5.45. The molecule has 1 heterocycles. The molecule has 1 unspecified atom stereocenters. The van der Waals surface area contributed by atoms with Crippen molar-refractivity contribution in [3.8, 4) is 0 Å². The van der Waals surface area contributed by atoms with Gasteiger partial charge < -0.3 is 10.0 Å². The van der Waals surface area contributed by atoms with Crippen LogP contribution in [0, 0.1) is 5.92 Å². The SMILES string of the molecule is CC(C)C(C)N(C)c1nc(C(=O)O)cc2ccccc12. The zero-order valence-corrected chi connectivity index (χ0v) is 12.3. The molecule has 0 aliphatic heterocycles. The van der Waals surface area contributed by atoms with Crippen LogP contribution < -0.4 is 4.90 Å². The van der Waals surface area contributed by atoms with Gasteiger partial charge in [-0.1, -0.05) is 38.1 Å². The van der Waals surface area contributed by atoms with Crippen LogP contribution in [-0.2, 0) is 0 Å². The van der Waals surface area contributed by atoms with Crippen molar-refractivity contribution in [3.63, 3.8) is 0 Å². The number of aromatic nitrogens is 1. The first kappa shape index (κ1) is 14.3. The first-order valence-electron chi connectivity index (χ1n) is 6.77. The van der Waals surface area contributed by atoms with E-state index >= 15 is 0 Å². The summed E-state index contributed by atoms with van der Waals surface area (Å²) in [5, 5.41) is 11.1. The molecule has 2 rings (SSSR count). The van der Waals surface area contributed by atoms with Crippen LogP contribution in [0.15, 0.2) is 30.3 Å². The number of carboxylic acid groups (broad SMARTS) is 1. The van der Waals surface area contributed by atoms with E-state index < -0.39 is 5.97 Å². The molecule has 0 fully saturated rings. The molecule has 1 aromatic heterocycles. The number of fused-ring (bicyclic) bond motifs is 1. The van der Waals surface area contributed by atoms with E-state index in [1.54, 1.807) is 6.07 Å². The average Bonchev–Trinajstić information content (AvgIpc) is 2.44. The molecule has 20 heavy (non-hydrogen) atoms. The predicted molar refractivity (Wildman–Crippen MR) is 81.4 cm³/mol. The number of aromatic carboxylic acids is 1. The fourth-order valence-electron chi connectivity index (χ4n) is 2.20. The van der Waals surface area contributed by atoms with Crippen molar-refractivity contribution >= 4 is 22.6 Å². The lowest BCUT2D eigenvalue weighted by Crippen LogP contribution is -2.34. The zero-order valence-electron chi connectivity index (χ0n) is 12.3. The summed E-state index contributed by atoms with van der Waals surface area (Å²) in [7, 11) is 1.96. The first-order chi connectivity index (χ1) is 9.41. The number of hydrogen-bond donors (Lipinski definition) is 1. The Morgan fingerprint density at radius 3 is 2.50 bits per heavy atom. The molecule has 2 aromatic rings. The smallest absolute Gasteiger partial charge is 0.354 e.